The molecule has 0 spiro atoms. The second-order valence-corrected chi connectivity index (χ2v) is 5.92. The highest BCUT2D eigenvalue weighted by Gasteiger charge is 2.16. The number of rotatable bonds is 6. The van der Waals surface area contributed by atoms with Crippen LogP contribution in [0.2, 0.25) is 10.0 Å². The molecule has 5 heteroatoms. The molecule has 1 aromatic carbocycles. The lowest BCUT2D eigenvalue weighted by molar-refractivity contribution is -0.122. The fraction of sp³-hybridized carbons (Fsp3) is 0.533. The maximum absolute atomic E-state index is 11.7. The highest BCUT2D eigenvalue weighted by atomic mass is 35.5. The van der Waals surface area contributed by atoms with Gasteiger partial charge in [-0.15, -0.1) is 0 Å². The van der Waals surface area contributed by atoms with Crippen molar-refractivity contribution in [3.8, 4) is 5.75 Å². The van der Waals surface area contributed by atoms with E-state index in [0.717, 1.165) is 12.8 Å². The number of nitrogens with one attached hydrogen (secondary N) is 1. The zero-order valence-corrected chi connectivity index (χ0v) is 12.8. The molecule has 1 saturated carbocycles. The molecule has 0 saturated heterocycles. The Balaban J connectivity index is 1.64. The summed E-state index contributed by atoms with van der Waals surface area (Å²) >= 11 is 11.8. The van der Waals surface area contributed by atoms with Crippen molar-refractivity contribution < 1.29 is 9.53 Å². The van der Waals surface area contributed by atoms with Gasteiger partial charge in [0, 0.05) is 17.5 Å². The van der Waals surface area contributed by atoms with Crippen molar-refractivity contribution in [1.29, 1.82) is 0 Å². The van der Waals surface area contributed by atoms with E-state index in [-0.39, 0.29) is 5.91 Å². The summed E-state index contributed by atoms with van der Waals surface area (Å²) in [7, 11) is 0. The van der Waals surface area contributed by atoms with Crippen LogP contribution in [0, 0.1) is 0 Å². The van der Waals surface area contributed by atoms with Crippen LogP contribution in [0.15, 0.2) is 18.2 Å². The fourth-order valence-electron chi connectivity index (χ4n) is 2.38. The quantitative estimate of drug-likeness (QED) is 0.798. The molecule has 1 aliphatic carbocycles. The first-order chi connectivity index (χ1) is 9.65. The van der Waals surface area contributed by atoms with E-state index in [2.05, 4.69) is 5.32 Å². The van der Waals surface area contributed by atoms with Crippen molar-refractivity contribution in [1.82, 2.24) is 5.32 Å². The van der Waals surface area contributed by atoms with Crippen LogP contribution in [0.4, 0.5) is 0 Å². The largest absolute Gasteiger partial charge is 0.492 e. The van der Waals surface area contributed by atoms with Gasteiger partial charge in [-0.3, -0.25) is 4.79 Å². The van der Waals surface area contributed by atoms with E-state index in [1.807, 2.05) is 0 Å². The van der Waals surface area contributed by atoms with E-state index in [9.17, 15) is 4.79 Å². The third-order valence-electron chi connectivity index (χ3n) is 3.42. The summed E-state index contributed by atoms with van der Waals surface area (Å²) in [6, 6.07) is 5.50. The Hall–Kier alpha value is -0.930. The first-order valence-electron chi connectivity index (χ1n) is 7.02. The number of carbonyl (C=O) groups excluding carboxylic acids is 1. The minimum Gasteiger partial charge on any atom is -0.492 e. The van der Waals surface area contributed by atoms with Crippen LogP contribution >= 0.6 is 23.2 Å². The average Bonchev–Trinajstić information content (AvgIpc) is 2.89. The number of halogens is 2. The third-order valence-corrected chi connectivity index (χ3v) is 3.95. The number of ether oxygens (including phenoxy) is 1. The molecule has 20 heavy (non-hydrogen) atoms. The van der Waals surface area contributed by atoms with Gasteiger partial charge in [0.15, 0.2) is 0 Å². The topological polar surface area (TPSA) is 38.3 Å². The zero-order chi connectivity index (χ0) is 14.4. The second kappa shape index (κ2) is 7.75. The molecule has 1 N–H and O–H groups in total. The number of benzene rings is 1. The summed E-state index contributed by atoms with van der Waals surface area (Å²) in [5.41, 5.74) is 0. The summed E-state index contributed by atoms with van der Waals surface area (Å²) in [6.45, 7) is 0.472. The summed E-state index contributed by atoms with van der Waals surface area (Å²) in [5, 5.41) is 4.13. The van der Waals surface area contributed by atoms with E-state index in [4.69, 9.17) is 27.9 Å². The van der Waals surface area contributed by atoms with Gasteiger partial charge in [-0.2, -0.15) is 0 Å². The van der Waals surface area contributed by atoms with Crippen molar-refractivity contribution >= 4 is 29.1 Å². The van der Waals surface area contributed by atoms with E-state index in [1.165, 1.54) is 12.8 Å². The molecule has 0 aliphatic heterocycles. The lowest BCUT2D eigenvalue weighted by Gasteiger charge is -2.12. The number of amides is 1. The molecule has 110 valence electrons. The monoisotopic (exact) mass is 315 g/mol. The van der Waals surface area contributed by atoms with Gasteiger partial charge in [0.05, 0.1) is 11.6 Å². The number of carbonyl (C=O) groups is 1. The fourth-order valence-corrected chi connectivity index (χ4v) is 2.84. The van der Waals surface area contributed by atoms with E-state index >= 15 is 0 Å². The van der Waals surface area contributed by atoms with Crippen molar-refractivity contribution in [2.45, 2.75) is 44.6 Å². The van der Waals surface area contributed by atoms with Gasteiger partial charge in [0.25, 0.3) is 0 Å². The molecule has 0 bridgehead atoms. The van der Waals surface area contributed by atoms with Gasteiger partial charge in [0.2, 0.25) is 5.91 Å². The van der Waals surface area contributed by atoms with Gasteiger partial charge >= 0.3 is 0 Å². The van der Waals surface area contributed by atoms with Crippen LogP contribution in [0.1, 0.15) is 38.5 Å². The molecular weight excluding hydrogens is 297 g/mol. The lowest BCUT2D eigenvalue weighted by Crippen LogP contribution is -2.32. The third kappa shape index (κ3) is 4.88. The lowest BCUT2D eigenvalue weighted by atomic mass is 10.2. The average molecular weight is 316 g/mol. The van der Waals surface area contributed by atoms with Crippen molar-refractivity contribution in [2.75, 3.05) is 6.61 Å². The Bertz CT molecular complexity index is 459. The molecular formula is C15H19Cl2NO2. The van der Waals surface area contributed by atoms with Gasteiger partial charge in [0.1, 0.15) is 5.75 Å². The Morgan fingerprint density at radius 1 is 1.30 bits per heavy atom. The van der Waals surface area contributed by atoms with Gasteiger partial charge < -0.3 is 10.1 Å². The van der Waals surface area contributed by atoms with Crippen LogP contribution in [0.3, 0.4) is 0 Å². The maximum atomic E-state index is 11.7. The molecule has 2 rings (SSSR count). The Labute approximate surface area is 129 Å². The molecule has 0 unspecified atom stereocenters. The predicted molar refractivity (Wildman–Crippen MR) is 81.6 cm³/mol. The number of hydrogen-bond acceptors (Lipinski definition) is 2. The zero-order valence-electron chi connectivity index (χ0n) is 11.3. The summed E-state index contributed by atoms with van der Waals surface area (Å²) in [5.74, 6) is 0.718. The van der Waals surface area contributed by atoms with Crippen LogP contribution < -0.4 is 10.1 Å². The molecule has 1 fully saturated rings. The normalized spacial score (nSPS) is 15.3. The van der Waals surface area contributed by atoms with Crippen LogP contribution in [0.25, 0.3) is 0 Å². The maximum Gasteiger partial charge on any atom is 0.220 e. The molecule has 0 heterocycles. The summed E-state index contributed by atoms with van der Waals surface area (Å²) in [6.07, 6.45) is 5.84. The van der Waals surface area contributed by atoms with Crippen LogP contribution in [-0.4, -0.2) is 18.6 Å². The first-order valence-corrected chi connectivity index (χ1v) is 7.78. The Morgan fingerprint density at radius 2 is 2.05 bits per heavy atom. The molecule has 1 aromatic rings. The van der Waals surface area contributed by atoms with Crippen molar-refractivity contribution in [3.63, 3.8) is 0 Å². The van der Waals surface area contributed by atoms with Gasteiger partial charge in [-0.25, -0.2) is 0 Å². The van der Waals surface area contributed by atoms with Gasteiger partial charge in [-0.1, -0.05) is 36.0 Å². The second-order valence-electron chi connectivity index (χ2n) is 5.08. The molecule has 0 atom stereocenters. The number of hydrogen-bond donors (Lipinski definition) is 1. The first kappa shape index (κ1) is 15.5. The van der Waals surface area contributed by atoms with Crippen LogP contribution in [-0.2, 0) is 4.79 Å². The van der Waals surface area contributed by atoms with E-state index in [1.54, 1.807) is 18.2 Å². The summed E-state index contributed by atoms with van der Waals surface area (Å²) in [4.78, 5) is 11.7. The highest BCUT2D eigenvalue weighted by Crippen LogP contribution is 2.27. The van der Waals surface area contributed by atoms with Crippen molar-refractivity contribution in [3.05, 3.63) is 28.2 Å². The van der Waals surface area contributed by atoms with Gasteiger partial charge in [-0.05, 0) is 37.5 Å². The molecule has 1 amide bonds. The Morgan fingerprint density at radius 3 is 2.75 bits per heavy atom. The van der Waals surface area contributed by atoms with E-state index in [0.29, 0.717) is 41.3 Å². The minimum atomic E-state index is 0.114. The summed E-state index contributed by atoms with van der Waals surface area (Å²) < 4.78 is 5.54. The molecule has 0 aromatic heterocycles. The SMILES string of the molecule is O=C(CCCOc1ccc(Cl)cc1Cl)NC1CCCC1. The Kier molecular flexibility index (Phi) is 5.99. The highest BCUT2D eigenvalue weighted by molar-refractivity contribution is 6.35. The smallest absolute Gasteiger partial charge is 0.220 e. The molecule has 3 nitrogen and oxygen atoms in total. The minimum absolute atomic E-state index is 0.114. The molecule has 1 aliphatic rings. The molecule has 0 radical (unpaired) electrons. The predicted octanol–water partition coefficient (Wildman–Crippen LogP) is 4.21. The van der Waals surface area contributed by atoms with Crippen LogP contribution in [0.5, 0.6) is 5.75 Å². The van der Waals surface area contributed by atoms with E-state index < -0.39 is 0 Å². The standard InChI is InChI=1S/C15H19Cl2NO2/c16-11-7-8-14(13(17)10-11)20-9-3-6-15(19)18-12-4-1-2-5-12/h7-8,10,12H,1-6,9H2,(H,18,19). The van der Waals surface area contributed by atoms with Crippen molar-refractivity contribution in [2.24, 2.45) is 0 Å².